The Labute approximate surface area is 117 Å². The van der Waals surface area contributed by atoms with Gasteiger partial charge in [-0.25, -0.2) is 8.42 Å². The molecule has 8 heteroatoms. The maximum absolute atomic E-state index is 12.4. The molecular formula is C12H16N2O5S. The predicted octanol–water partition coefficient (Wildman–Crippen LogP) is 1.07. The van der Waals surface area contributed by atoms with Crippen LogP contribution in [0.4, 0.5) is 5.69 Å². The number of aliphatic hydroxyl groups excluding tert-OH is 1. The molecule has 0 aliphatic carbocycles. The molecule has 0 saturated heterocycles. The van der Waals surface area contributed by atoms with Gasteiger partial charge < -0.3 is 5.11 Å². The van der Waals surface area contributed by atoms with E-state index in [1.165, 1.54) is 25.1 Å². The number of nitro groups is 1. The summed E-state index contributed by atoms with van der Waals surface area (Å²) in [6.45, 7) is 4.63. The largest absolute Gasteiger partial charge is 0.395 e. The first kappa shape index (κ1) is 16.3. The summed E-state index contributed by atoms with van der Waals surface area (Å²) in [5.74, 6) is 0. The minimum absolute atomic E-state index is 0.0154. The number of nitro benzene ring substituents is 1. The van der Waals surface area contributed by atoms with Crippen molar-refractivity contribution in [1.29, 1.82) is 0 Å². The standard InChI is InChI=1S/C12H16N2O5S/c1-3-6-13(7-8-15)20(18,19)12-5-4-11(14(16)17)9-10(12)2/h3-5,9,15H,1,6-8H2,2H3. The summed E-state index contributed by atoms with van der Waals surface area (Å²) >= 11 is 0. The van der Waals surface area contributed by atoms with Crippen molar-refractivity contribution >= 4 is 15.7 Å². The first-order valence-electron chi connectivity index (χ1n) is 5.81. The quantitative estimate of drug-likeness (QED) is 0.461. The number of hydrogen-bond acceptors (Lipinski definition) is 5. The van der Waals surface area contributed by atoms with Crippen molar-refractivity contribution in [3.63, 3.8) is 0 Å². The van der Waals surface area contributed by atoms with Gasteiger partial charge in [0.25, 0.3) is 5.69 Å². The molecule has 0 spiro atoms. The Balaban J connectivity index is 3.26. The van der Waals surface area contributed by atoms with Crippen molar-refractivity contribution in [2.45, 2.75) is 11.8 Å². The summed E-state index contributed by atoms with van der Waals surface area (Å²) in [5, 5.41) is 19.6. The number of aliphatic hydroxyl groups is 1. The second-order valence-corrected chi connectivity index (χ2v) is 5.99. The molecule has 7 nitrogen and oxygen atoms in total. The molecule has 0 heterocycles. The van der Waals surface area contributed by atoms with Crippen LogP contribution in [0.1, 0.15) is 5.56 Å². The number of sulfonamides is 1. The van der Waals surface area contributed by atoms with Gasteiger partial charge in [0.1, 0.15) is 0 Å². The predicted molar refractivity (Wildman–Crippen MR) is 73.9 cm³/mol. The van der Waals surface area contributed by atoms with Crippen LogP contribution in [0.3, 0.4) is 0 Å². The third-order valence-electron chi connectivity index (χ3n) is 2.67. The molecule has 0 aliphatic heterocycles. The molecule has 0 atom stereocenters. The van der Waals surface area contributed by atoms with Gasteiger partial charge in [0.15, 0.2) is 0 Å². The molecule has 0 unspecified atom stereocenters. The number of nitrogens with zero attached hydrogens (tertiary/aromatic N) is 2. The van der Waals surface area contributed by atoms with E-state index in [0.29, 0.717) is 0 Å². The zero-order chi connectivity index (χ0) is 15.3. The molecule has 0 bridgehead atoms. The summed E-state index contributed by atoms with van der Waals surface area (Å²) in [4.78, 5) is 10.1. The van der Waals surface area contributed by atoms with Crippen LogP contribution in [0.5, 0.6) is 0 Å². The third kappa shape index (κ3) is 3.41. The number of hydrogen-bond donors (Lipinski definition) is 1. The molecule has 0 fully saturated rings. The van der Waals surface area contributed by atoms with E-state index >= 15 is 0 Å². The van der Waals surface area contributed by atoms with E-state index in [2.05, 4.69) is 6.58 Å². The van der Waals surface area contributed by atoms with Gasteiger partial charge in [0.05, 0.1) is 16.4 Å². The highest BCUT2D eigenvalue weighted by atomic mass is 32.2. The Kier molecular flexibility index (Phi) is 5.37. The fraction of sp³-hybridized carbons (Fsp3) is 0.333. The van der Waals surface area contributed by atoms with Crippen molar-refractivity contribution in [2.75, 3.05) is 19.7 Å². The summed E-state index contributed by atoms with van der Waals surface area (Å²) < 4.78 is 25.9. The van der Waals surface area contributed by atoms with Crippen molar-refractivity contribution in [2.24, 2.45) is 0 Å². The SMILES string of the molecule is C=CCN(CCO)S(=O)(=O)c1ccc([N+](=O)[O-])cc1C. The minimum atomic E-state index is -3.82. The van der Waals surface area contributed by atoms with E-state index in [9.17, 15) is 18.5 Å². The van der Waals surface area contributed by atoms with Crippen molar-refractivity contribution < 1.29 is 18.4 Å². The Morgan fingerprint density at radius 1 is 1.50 bits per heavy atom. The molecule has 110 valence electrons. The Morgan fingerprint density at radius 3 is 2.60 bits per heavy atom. The molecule has 1 aromatic rings. The van der Waals surface area contributed by atoms with Gasteiger partial charge >= 0.3 is 0 Å². The van der Waals surface area contributed by atoms with E-state index in [1.54, 1.807) is 0 Å². The highest BCUT2D eigenvalue weighted by molar-refractivity contribution is 7.89. The molecule has 0 aliphatic rings. The minimum Gasteiger partial charge on any atom is -0.395 e. The highest BCUT2D eigenvalue weighted by Gasteiger charge is 2.25. The average molecular weight is 300 g/mol. The number of rotatable bonds is 7. The van der Waals surface area contributed by atoms with Crippen LogP contribution < -0.4 is 0 Å². The Morgan fingerprint density at radius 2 is 2.15 bits per heavy atom. The van der Waals surface area contributed by atoms with E-state index in [0.717, 1.165) is 10.4 Å². The van der Waals surface area contributed by atoms with Gasteiger partial charge in [-0.1, -0.05) is 6.08 Å². The van der Waals surface area contributed by atoms with E-state index in [1.807, 2.05) is 0 Å². The van der Waals surface area contributed by atoms with Crippen LogP contribution in [-0.4, -0.2) is 42.4 Å². The van der Waals surface area contributed by atoms with Crippen molar-refractivity contribution in [3.8, 4) is 0 Å². The highest BCUT2D eigenvalue weighted by Crippen LogP contribution is 2.23. The van der Waals surface area contributed by atoms with Gasteiger partial charge in [-0.2, -0.15) is 4.31 Å². The molecule has 0 amide bonds. The second kappa shape index (κ2) is 6.60. The zero-order valence-electron chi connectivity index (χ0n) is 11.0. The zero-order valence-corrected chi connectivity index (χ0v) is 11.8. The lowest BCUT2D eigenvalue weighted by Gasteiger charge is -2.20. The van der Waals surface area contributed by atoms with Gasteiger partial charge in [-0.05, 0) is 18.6 Å². The van der Waals surface area contributed by atoms with E-state index in [4.69, 9.17) is 5.11 Å². The second-order valence-electron chi connectivity index (χ2n) is 4.08. The molecule has 20 heavy (non-hydrogen) atoms. The maximum Gasteiger partial charge on any atom is 0.269 e. The van der Waals surface area contributed by atoms with E-state index in [-0.39, 0.29) is 35.8 Å². The smallest absolute Gasteiger partial charge is 0.269 e. The van der Waals surface area contributed by atoms with Gasteiger partial charge in [0, 0.05) is 25.2 Å². The lowest BCUT2D eigenvalue weighted by molar-refractivity contribution is -0.385. The van der Waals surface area contributed by atoms with Crippen LogP contribution >= 0.6 is 0 Å². The molecule has 0 radical (unpaired) electrons. The average Bonchev–Trinajstić information content (AvgIpc) is 2.37. The van der Waals surface area contributed by atoms with E-state index < -0.39 is 14.9 Å². The number of aryl methyl sites for hydroxylation is 1. The molecule has 0 aromatic heterocycles. The van der Waals surface area contributed by atoms with Crippen LogP contribution in [0, 0.1) is 17.0 Å². The summed E-state index contributed by atoms with van der Waals surface area (Å²) in [6.07, 6.45) is 1.41. The first-order chi connectivity index (χ1) is 9.34. The van der Waals surface area contributed by atoms with Crippen LogP contribution in [0.2, 0.25) is 0 Å². The van der Waals surface area contributed by atoms with Crippen LogP contribution in [0.15, 0.2) is 35.7 Å². The lowest BCUT2D eigenvalue weighted by Crippen LogP contribution is -2.34. The molecule has 1 aromatic carbocycles. The van der Waals surface area contributed by atoms with Gasteiger partial charge in [-0.15, -0.1) is 6.58 Å². The maximum atomic E-state index is 12.4. The molecule has 1 rings (SSSR count). The van der Waals surface area contributed by atoms with Gasteiger partial charge in [-0.3, -0.25) is 10.1 Å². The molecule has 1 N–H and O–H groups in total. The first-order valence-corrected chi connectivity index (χ1v) is 7.25. The third-order valence-corrected chi connectivity index (χ3v) is 4.69. The topological polar surface area (TPSA) is 101 Å². The summed E-state index contributed by atoms with van der Waals surface area (Å²) in [7, 11) is -3.82. The van der Waals surface area contributed by atoms with Crippen molar-refractivity contribution in [1.82, 2.24) is 4.31 Å². The summed E-state index contributed by atoms with van der Waals surface area (Å²) in [6, 6.07) is 3.55. The normalized spacial score (nSPS) is 11.6. The molecule has 0 saturated carbocycles. The fourth-order valence-corrected chi connectivity index (χ4v) is 3.35. The molecular weight excluding hydrogens is 284 g/mol. The number of benzene rings is 1. The van der Waals surface area contributed by atoms with Crippen LogP contribution in [-0.2, 0) is 10.0 Å². The lowest BCUT2D eigenvalue weighted by atomic mass is 10.2. The summed E-state index contributed by atoms with van der Waals surface area (Å²) in [5.41, 5.74) is 0.116. The van der Waals surface area contributed by atoms with Crippen molar-refractivity contribution in [3.05, 3.63) is 46.5 Å². The van der Waals surface area contributed by atoms with Crippen LogP contribution in [0.25, 0.3) is 0 Å². The Hall–Kier alpha value is -1.77. The van der Waals surface area contributed by atoms with Gasteiger partial charge in [0.2, 0.25) is 10.0 Å². The monoisotopic (exact) mass is 300 g/mol. The number of non-ortho nitro benzene ring substituents is 1. The fourth-order valence-electron chi connectivity index (χ4n) is 1.74. The Bertz CT molecular complexity index is 612.